The number of ether oxygens (including phenoxy) is 1. The Kier molecular flexibility index (Phi) is 4.60. The standard InChI is InChI=1S/C18H16N8O/c1-10-15(9-20)17(23-12-4-6-13(27-3)7-5-12)24-18(22-10)26-16(21)14(8-19)11(2)25-26/h4-7H,21H2,1-3H3,(H,22,23,24). The van der Waals surface area contributed by atoms with Crippen LogP contribution in [0.25, 0.3) is 5.95 Å². The monoisotopic (exact) mass is 360 g/mol. The highest BCUT2D eigenvalue weighted by atomic mass is 16.5. The Bertz CT molecular complexity index is 1090. The number of methoxy groups -OCH3 is 1. The van der Waals surface area contributed by atoms with E-state index in [4.69, 9.17) is 10.5 Å². The minimum atomic E-state index is 0.148. The molecule has 9 heteroatoms. The van der Waals surface area contributed by atoms with Crippen molar-refractivity contribution in [2.75, 3.05) is 18.2 Å². The molecule has 0 radical (unpaired) electrons. The number of aryl methyl sites for hydroxylation is 2. The smallest absolute Gasteiger partial charge is 0.254 e. The summed E-state index contributed by atoms with van der Waals surface area (Å²) in [5.74, 6) is 1.35. The van der Waals surface area contributed by atoms with E-state index >= 15 is 0 Å². The van der Waals surface area contributed by atoms with Crippen molar-refractivity contribution in [2.24, 2.45) is 0 Å². The third kappa shape index (κ3) is 3.22. The fraction of sp³-hybridized carbons (Fsp3) is 0.167. The lowest BCUT2D eigenvalue weighted by Crippen LogP contribution is -2.11. The van der Waals surface area contributed by atoms with Gasteiger partial charge in [-0.15, -0.1) is 0 Å². The van der Waals surface area contributed by atoms with Crippen molar-refractivity contribution < 1.29 is 4.74 Å². The molecule has 3 N–H and O–H groups in total. The van der Waals surface area contributed by atoms with E-state index in [0.717, 1.165) is 5.69 Å². The molecule has 2 heterocycles. The van der Waals surface area contributed by atoms with Crippen molar-refractivity contribution >= 4 is 17.3 Å². The SMILES string of the molecule is COc1ccc(Nc2nc(-n3nc(C)c(C#N)c3N)nc(C)c2C#N)cc1. The molecule has 0 aliphatic heterocycles. The maximum absolute atomic E-state index is 9.48. The molecule has 0 atom stereocenters. The second-order valence-corrected chi connectivity index (χ2v) is 5.67. The van der Waals surface area contributed by atoms with Gasteiger partial charge in [0.25, 0.3) is 5.95 Å². The molecule has 0 aliphatic rings. The zero-order valence-corrected chi connectivity index (χ0v) is 15.0. The number of nitrogen functional groups attached to an aromatic ring is 1. The molecule has 0 bridgehead atoms. The Morgan fingerprint density at radius 1 is 1.04 bits per heavy atom. The second-order valence-electron chi connectivity index (χ2n) is 5.67. The van der Waals surface area contributed by atoms with Gasteiger partial charge < -0.3 is 15.8 Å². The van der Waals surface area contributed by atoms with E-state index in [9.17, 15) is 10.5 Å². The molecule has 0 saturated heterocycles. The number of benzene rings is 1. The van der Waals surface area contributed by atoms with Gasteiger partial charge in [-0.1, -0.05) is 0 Å². The highest BCUT2D eigenvalue weighted by Crippen LogP contribution is 2.25. The van der Waals surface area contributed by atoms with Crippen LogP contribution in [0, 0.1) is 36.5 Å². The average Bonchev–Trinajstić information content (AvgIpc) is 2.95. The minimum absolute atomic E-state index is 0.148. The van der Waals surface area contributed by atoms with Gasteiger partial charge >= 0.3 is 0 Å². The number of nitrogens with zero attached hydrogens (tertiary/aromatic N) is 6. The maximum Gasteiger partial charge on any atom is 0.254 e. The number of nitriles is 2. The summed E-state index contributed by atoms with van der Waals surface area (Å²) in [7, 11) is 1.59. The first-order valence-electron chi connectivity index (χ1n) is 7.93. The van der Waals surface area contributed by atoms with Crippen LogP contribution in [0.4, 0.5) is 17.3 Å². The van der Waals surface area contributed by atoms with Crippen LogP contribution in [0.15, 0.2) is 24.3 Å². The molecule has 0 aliphatic carbocycles. The first-order valence-corrected chi connectivity index (χ1v) is 7.93. The lowest BCUT2D eigenvalue weighted by atomic mass is 10.2. The topological polar surface area (TPSA) is 138 Å². The Hall–Kier alpha value is -4.11. The van der Waals surface area contributed by atoms with E-state index in [0.29, 0.717) is 28.5 Å². The van der Waals surface area contributed by atoms with Crippen LogP contribution in [0.5, 0.6) is 5.75 Å². The van der Waals surface area contributed by atoms with Crippen LogP contribution >= 0.6 is 0 Å². The summed E-state index contributed by atoms with van der Waals surface area (Å²) in [5, 5.41) is 26.0. The highest BCUT2D eigenvalue weighted by Gasteiger charge is 2.18. The fourth-order valence-corrected chi connectivity index (χ4v) is 2.52. The zero-order chi connectivity index (χ0) is 19.6. The van der Waals surface area contributed by atoms with Gasteiger partial charge in [0, 0.05) is 5.69 Å². The summed E-state index contributed by atoms with van der Waals surface area (Å²) in [5.41, 5.74) is 8.23. The maximum atomic E-state index is 9.48. The van der Waals surface area contributed by atoms with Gasteiger partial charge in [-0.3, -0.25) is 0 Å². The molecule has 9 nitrogen and oxygen atoms in total. The Morgan fingerprint density at radius 2 is 1.70 bits per heavy atom. The van der Waals surface area contributed by atoms with Crippen molar-refractivity contribution in [3.05, 3.63) is 46.8 Å². The van der Waals surface area contributed by atoms with Crippen LogP contribution in [0.3, 0.4) is 0 Å². The molecule has 3 aromatic rings. The normalized spacial score (nSPS) is 10.1. The number of nitrogens with two attached hydrogens (primary N) is 1. The number of nitrogens with one attached hydrogen (secondary N) is 1. The van der Waals surface area contributed by atoms with Gasteiger partial charge in [0.1, 0.15) is 34.8 Å². The predicted octanol–water partition coefficient (Wildman–Crippen LogP) is 2.36. The summed E-state index contributed by atoms with van der Waals surface area (Å²) in [6.07, 6.45) is 0. The van der Waals surface area contributed by atoms with Crippen molar-refractivity contribution in [2.45, 2.75) is 13.8 Å². The second kappa shape index (κ2) is 7.02. The third-order valence-electron chi connectivity index (χ3n) is 3.94. The van der Waals surface area contributed by atoms with Gasteiger partial charge in [-0.25, -0.2) is 4.98 Å². The van der Waals surface area contributed by atoms with Crippen LogP contribution in [-0.2, 0) is 0 Å². The Morgan fingerprint density at radius 3 is 2.26 bits per heavy atom. The summed E-state index contributed by atoms with van der Waals surface area (Å²) in [6, 6.07) is 11.3. The largest absolute Gasteiger partial charge is 0.497 e. The molecular formula is C18H16N8O. The van der Waals surface area contributed by atoms with Crippen molar-refractivity contribution in [3.8, 4) is 23.8 Å². The molecule has 0 unspecified atom stereocenters. The number of hydrogen-bond donors (Lipinski definition) is 2. The van der Waals surface area contributed by atoms with Gasteiger partial charge in [0.05, 0.1) is 18.5 Å². The van der Waals surface area contributed by atoms with Crippen molar-refractivity contribution in [1.82, 2.24) is 19.7 Å². The number of anilines is 3. The van der Waals surface area contributed by atoms with Gasteiger partial charge in [0.2, 0.25) is 0 Å². The highest BCUT2D eigenvalue weighted by molar-refractivity contribution is 5.65. The van der Waals surface area contributed by atoms with Crippen LogP contribution < -0.4 is 15.8 Å². The lowest BCUT2D eigenvalue weighted by molar-refractivity contribution is 0.415. The molecule has 134 valence electrons. The summed E-state index contributed by atoms with van der Waals surface area (Å²) in [4.78, 5) is 8.71. The van der Waals surface area contributed by atoms with Crippen LogP contribution in [-0.4, -0.2) is 26.9 Å². The van der Waals surface area contributed by atoms with E-state index in [-0.39, 0.29) is 17.3 Å². The lowest BCUT2D eigenvalue weighted by Gasteiger charge is -2.12. The van der Waals surface area contributed by atoms with E-state index < -0.39 is 0 Å². The van der Waals surface area contributed by atoms with Crippen LogP contribution in [0.2, 0.25) is 0 Å². The van der Waals surface area contributed by atoms with Crippen molar-refractivity contribution in [3.63, 3.8) is 0 Å². The first kappa shape index (κ1) is 17.7. The number of aromatic nitrogens is 4. The molecular weight excluding hydrogens is 344 g/mol. The van der Waals surface area contributed by atoms with Crippen LogP contribution in [0.1, 0.15) is 22.5 Å². The molecule has 1 aromatic carbocycles. The predicted molar refractivity (Wildman–Crippen MR) is 98.7 cm³/mol. The summed E-state index contributed by atoms with van der Waals surface area (Å²) < 4.78 is 6.43. The third-order valence-corrected chi connectivity index (χ3v) is 3.94. The quantitative estimate of drug-likeness (QED) is 0.723. The molecule has 0 amide bonds. The van der Waals surface area contributed by atoms with E-state index in [1.165, 1.54) is 4.68 Å². The van der Waals surface area contributed by atoms with Gasteiger partial charge in [0.15, 0.2) is 5.82 Å². The minimum Gasteiger partial charge on any atom is -0.497 e. The van der Waals surface area contributed by atoms with E-state index in [1.807, 2.05) is 6.07 Å². The van der Waals surface area contributed by atoms with Crippen molar-refractivity contribution in [1.29, 1.82) is 10.5 Å². The Labute approximate surface area is 155 Å². The van der Waals surface area contributed by atoms with Gasteiger partial charge in [-0.05, 0) is 38.1 Å². The fourth-order valence-electron chi connectivity index (χ4n) is 2.52. The molecule has 3 rings (SSSR count). The average molecular weight is 360 g/mol. The summed E-state index contributed by atoms with van der Waals surface area (Å²) in [6.45, 7) is 3.37. The molecule has 0 fully saturated rings. The molecule has 2 aromatic heterocycles. The molecule has 27 heavy (non-hydrogen) atoms. The van der Waals surface area contributed by atoms with Gasteiger partial charge in [-0.2, -0.15) is 25.3 Å². The number of rotatable bonds is 4. The molecule has 0 saturated carbocycles. The van der Waals surface area contributed by atoms with E-state index in [2.05, 4.69) is 26.5 Å². The molecule has 0 spiro atoms. The zero-order valence-electron chi connectivity index (χ0n) is 15.0. The Balaban J connectivity index is 2.09. The first-order chi connectivity index (χ1) is 13.0. The summed E-state index contributed by atoms with van der Waals surface area (Å²) >= 11 is 0. The van der Waals surface area contributed by atoms with E-state index in [1.54, 1.807) is 45.2 Å². The number of hydrogen-bond acceptors (Lipinski definition) is 8.